The second kappa shape index (κ2) is 9.99. The Balaban J connectivity index is 1.31. The topological polar surface area (TPSA) is 116 Å². The van der Waals surface area contributed by atoms with Gasteiger partial charge >= 0.3 is 12.1 Å². The van der Waals surface area contributed by atoms with Crippen molar-refractivity contribution < 1.29 is 29.6 Å². The number of nitrogens with one attached hydrogen (secondary N) is 1. The zero-order valence-electron chi connectivity index (χ0n) is 17.5. The number of rotatable bonds is 8. The van der Waals surface area contributed by atoms with Crippen molar-refractivity contribution in [1.29, 1.82) is 0 Å². The van der Waals surface area contributed by atoms with Crippen molar-refractivity contribution in [1.82, 2.24) is 5.32 Å². The molecular formula is C25H23NO6S. The Morgan fingerprint density at radius 2 is 1.70 bits per heavy atom. The van der Waals surface area contributed by atoms with E-state index in [2.05, 4.69) is 17.4 Å². The molecule has 2 atom stereocenters. The molecule has 2 aromatic carbocycles. The summed E-state index contributed by atoms with van der Waals surface area (Å²) in [4.78, 5) is 23.5. The SMILES string of the molecule is O=C(O)/C=C/c1cc(C(O)C(O)CNC(=O)OCC2c3ccccc3-c3ccccc32)cs1. The number of thiophene rings is 1. The van der Waals surface area contributed by atoms with Crippen LogP contribution >= 0.6 is 11.3 Å². The number of carboxylic acids is 1. The molecule has 4 rings (SSSR count). The lowest BCUT2D eigenvalue weighted by atomic mass is 9.98. The molecule has 170 valence electrons. The van der Waals surface area contributed by atoms with Crippen molar-refractivity contribution in [2.75, 3.05) is 13.2 Å². The van der Waals surface area contributed by atoms with Gasteiger partial charge in [-0.05, 0) is 45.3 Å². The van der Waals surface area contributed by atoms with Gasteiger partial charge in [0.1, 0.15) is 18.8 Å². The zero-order valence-corrected chi connectivity index (χ0v) is 18.4. The van der Waals surface area contributed by atoms with Crippen molar-refractivity contribution >= 4 is 29.5 Å². The van der Waals surface area contributed by atoms with Gasteiger partial charge in [0, 0.05) is 23.4 Å². The maximum Gasteiger partial charge on any atom is 0.407 e. The molecule has 0 fully saturated rings. The van der Waals surface area contributed by atoms with E-state index in [4.69, 9.17) is 9.84 Å². The minimum Gasteiger partial charge on any atom is -0.478 e. The lowest BCUT2D eigenvalue weighted by Gasteiger charge is -2.18. The van der Waals surface area contributed by atoms with Gasteiger partial charge in [-0.3, -0.25) is 0 Å². The van der Waals surface area contributed by atoms with Crippen LogP contribution in [0.1, 0.15) is 33.6 Å². The summed E-state index contributed by atoms with van der Waals surface area (Å²) in [7, 11) is 0. The quantitative estimate of drug-likeness (QED) is 0.376. The zero-order chi connectivity index (χ0) is 23.4. The standard InChI is InChI=1S/C25H23NO6S/c27-22(24(30)15-11-16(33-14-15)9-10-23(28)29)12-26-25(31)32-13-21-19-7-3-1-5-17(19)18-6-2-4-8-20(18)21/h1-11,14,21-22,24,27,30H,12-13H2,(H,26,31)(H,28,29)/b10-9+. The summed E-state index contributed by atoms with van der Waals surface area (Å²) >= 11 is 1.24. The first-order chi connectivity index (χ1) is 15.9. The average molecular weight is 466 g/mol. The van der Waals surface area contributed by atoms with Crippen molar-refractivity contribution in [3.8, 4) is 11.1 Å². The molecule has 1 heterocycles. The van der Waals surface area contributed by atoms with Crippen LogP contribution in [-0.4, -0.2) is 46.6 Å². The largest absolute Gasteiger partial charge is 0.478 e. The van der Waals surface area contributed by atoms with E-state index < -0.39 is 24.3 Å². The molecule has 1 aromatic heterocycles. The van der Waals surface area contributed by atoms with E-state index in [1.165, 1.54) is 17.4 Å². The monoisotopic (exact) mass is 465 g/mol. The second-order valence-electron chi connectivity index (χ2n) is 7.67. The van der Waals surface area contributed by atoms with Gasteiger partial charge in [0.2, 0.25) is 0 Å². The molecule has 1 amide bonds. The number of carboxylic acid groups (broad SMARTS) is 1. The number of ether oxygens (including phenoxy) is 1. The van der Waals surface area contributed by atoms with Crippen molar-refractivity contribution in [3.05, 3.63) is 87.6 Å². The lowest BCUT2D eigenvalue weighted by molar-refractivity contribution is -0.131. The second-order valence-corrected chi connectivity index (χ2v) is 8.62. The molecule has 3 aromatic rings. The summed E-state index contributed by atoms with van der Waals surface area (Å²) in [6.07, 6.45) is -0.765. The predicted octanol–water partition coefficient (Wildman–Crippen LogP) is 3.78. The highest BCUT2D eigenvalue weighted by Crippen LogP contribution is 2.44. The summed E-state index contributed by atoms with van der Waals surface area (Å²) in [6, 6.07) is 17.6. The lowest BCUT2D eigenvalue weighted by Crippen LogP contribution is -2.36. The number of carbonyl (C=O) groups is 2. The summed E-state index contributed by atoms with van der Waals surface area (Å²) in [6.45, 7) is -0.0453. The normalized spacial score (nSPS) is 14.5. The number of aliphatic carboxylic acids is 1. The summed E-state index contributed by atoms with van der Waals surface area (Å²) < 4.78 is 5.43. The van der Waals surface area contributed by atoms with Crippen LogP contribution in [0.5, 0.6) is 0 Å². The van der Waals surface area contributed by atoms with Gasteiger partial charge in [-0.1, -0.05) is 48.5 Å². The molecule has 0 aliphatic heterocycles. The van der Waals surface area contributed by atoms with E-state index in [9.17, 15) is 19.8 Å². The van der Waals surface area contributed by atoms with Crippen LogP contribution in [0.3, 0.4) is 0 Å². The minimum absolute atomic E-state index is 0.0678. The molecule has 8 heteroatoms. The number of alkyl carbamates (subject to hydrolysis) is 1. The van der Waals surface area contributed by atoms with E-state index >= 15 is 0 Å². The van der Waals surface area contributed by atoms with E-state index in [1.807, 2.05) is 36.4 Å². The highest BCUT2D eigenvalue weighted by molar-refractivity contribution is 7.11. The van der Waals surface area contributed by atoms with Crippen LogP contribution in [0.25, 0.3) is 17.2 Å². The number of hydrogen-bond donors (Lipinski definition) is 4. The van der Waals surface area contributed by atoms with Crippen molar-refractivity contribution in [2.45, 2.75) is 18.1 Å². The Morgan fingerprint density at radius 3 is 2.33 bits per heavy atom. The molecule has 0 bridgehead atoms. The molecule has 7 nitrogen and oxygen atoms in total. The summed E-state index contributed by atoms with van der Waals surface area (Å²) in [5, 5.41) is 33.4. The number of benzene rings is 2. The predicted molar refractivity (Wildman–Crippen MR) is 125 cm³/mol. The molecule has 4 N–H and O–H groups in total. The molecule has 1 aliphatic carbocycles. The number of aliphatic hydroxyl groups is 2. The van der Waals surface area contributed by atoms with Crippen LogP contribution in [-0.2, 0) is 9.53 Å². The van der Waals surface area contributed by atoms with Crippen LogP contribution in [0.2, 0.25) is 0 Å². The third-order valence-electron chi connectivity index (χ3n) is 5.54. The van der Waals surface area contributed by atoms with E-state index in [1.54, 1.807) is 11.4 Å². The molecular weight excluding hydrogens is 442 g/mol. The molecule has 33 heavy (non-hydrogen) atoms. The number of hydrogen-bond acceptors (Lipinski definition) is 6. The average Bonchev–Trinajstić information content (AvgIpc) is 3.42. The van der Waals surface area contributed by atoms with Crippen LogP contribution in [0, 0.1) is 0 Å². The van der Waals surface area contributed by atoms with Gasteiger partial charge in [0.15, 0.2) is 0 Å². The van der Waals surface area contributed by atoms with E-state index in [0.29, 0.717) is 10.4 Å². The van der Waals surface area contributed by atoms with Crippen LogP contribution in [0.15, 0.2) is 66.1 Å². The first-order valence-electron chi connectivity index (χ1n) is 10.4. The van der Waals surface area contributed by atoms with Gasteiger partial charge in [-0.25, -0.2) is 9.59 Å². The van der Waals surface area contributed by atoms with Gasteiger partial charge in [-0.2, -0.15) is 0 Å². The fourth-order valence-corrected chi connectivity index (χ4v) is 4.77. The van der Waals surface area contributed by atoms with E-state index in [-0.39, 0.29) is 19.1 Å². The molecule has 1 aliphatic rings. The molecule has 0 saturated carbocycles. The molecule has 0 saturated heterocycles. The van der Waals surface area contributed by atoms with Gasteiger partial charge in [-0.15, -0.1) is 11.3 Å². The van der Waals surface area contributed by atoms with Crippen LogP contribution in [0.4, 0.5) is 4.79 Å². The van der Waals surface area contributed by atoms with Gasteiger partial charge in [0.05, 0.1) is 0 Å². The first kappa shape index (κ1) is 22.7. The Morgan fingerprint density at radius 1 is 1.06 bits per heavy atom. The fourth-order valence-electron chi connectivity index (χ4n) is 3.94. The Hall–Kier alpha value is -3.46. The van der Waals surface area contributed by atoms with Crippen molar-refractivity contribution in [3.63, 3.8) is 0 Å². The minimum atomic E-state index is -1.25. The maximum absolute atomic E-state index is 12.3. The fraction of sp³-hybridized carbons (Fsp3) is 0.200. The summed E-state index contributed by atoms with van der Waals surface area (Å²) in [5.74, 6) is -1.14. The van der Waals surface area contributed by atoms with Gasteiger partial charge < -0.3 is 25.4 Å². The Kier molecular flexibility index (Phi) is 6.88. The highest BCUT2D eigenvalue weighted by atomic mass is 32.1. The molecule has 0 spiro atoms. The highest BCUT2D eigenvalue weighted by Gasteiger charge is 2.29. The third-order valence-corrected chi connectivity index (χ3v) is 6.45. The number of amides is 1. The number of aliphatic hydroxyl groups excluding tert-OH is 2. The van der Waals surface area contributed by atoms with Gasteiger partial charge in [0.25, 0.3) is 0 Å². The third kappa shape index (κ3) is 5.14. The Bertz CT molecular complexity index is 1140. The molecule has 0 radical (unpaired) electrons. The first-order valence-corrected chi connectivity index (χ1v) is 11.3. The number of carbonyl (C=O) groups excluding carboxylic acids is 1. The number of fused-ring (bicyclic) bond motifs is 3. The van der Waals surface area contributed by atoms with Crippen LogP contribution < -0.4 is 5.32 Å². The van der Waals surface area contributed by atoms with E-state index in [0.717, 1.165) is 28.3 Å². The Labute approximate surface area is 194 Å². The smallest absolute Gasteiger partial charge is 0.407 e. The molecule has 2 unspecified atom stereocenters. The summed E-state index contributed by atoms with van der Waals surface area (Å²) in [5.41, 5.74) is 4.91. The van der Waals surface area contributed by atoms with Crippen molar-refractivity contribution in [2.24, 2.45) is 0 Å². The maximum atomic E-state index is 12.3.